The minimum absolute atomic E-state index is 0.0126. The molecule has 0 bridgehead atoms. The smallest absolute Gasteiger partial charge is 0.230 e. The van der Waals surface area contributed by atoms with E-state index in [1.165, 1.54) is 0 Å². The number of nitrogens with zero attached hydrogens (tertiary/aromatic N) is 1. The number of amides is 1. The van der Waals surface area contributed by atoms with Gasteiger partial charge in [-0.1, -0.05) is 18.2 Å². The number of carbonyl (C=O) groups is 1. The van der Waals surface area contributed by atoms with Gasteiger partial charge in [-0.05, 0) is 18.6 Å². The topological polar surface area (TPSA) is 59.0 Å². The van der Waals surface area contributed by atoms with Crippen LogP contribution >= 0.6 is 0 Å². The lowest BCUT2D eigenvalue weighted by Crippen LogP contribution is -2.34. The van der Waals surface area contributed by atoms with Gasteiger partial charge < -0.3 is 11.1 Å². The van der Waals surface area contributed by atoms with Crippen LogP contribution in [0.3, 0.4) is 0 Å². The Morgan fingerprint density at radius 3 is 2.58 bits per heavy atom. The van der Waals surface area contributed by atoms with Gasteiger partial charge in [-0.15, -0.1) is 0 Å². The molecule has 0 aliphatic rings. The monoisotopic (exact) mass is 256 g/mol. The van der Waals surface area contributed by atoms with Crippen LogP contribution in [0, 0.1) is 6.92 Å². The van der Waals surface area contributed by atoms with Crippen molar-refractivity contribution in [3.8, 4) is 0 Å². The highest BCUT2D eigenvalue weighted by Gasteiger charge is 2.07. The highest BCUT2D eigenvalue weighted by Crippen LogP contribution is 2.13. The summed E-state index contributed by atoms with van der Waals surface area (Å²) in [6.07, 6.45) is 4.18. The van der Waals surface area contributed by atoms with Crippen LogP contribution in [0.15, 0.2) is 48.8 Å². The van der Waals surface area contributed by atoms with Crippen molar-refractivity contribution in [2.75, 3.05) is 11.1 Å². The Bertz CT molecular complexity index is 564. The number of aromatic nitrogens is 1. The third kappa shape index (κ3) is 3.81. The molecule has 0 unspecified atom stereocenters. The van der Waals surface area contributed by atoms with Crippen molar-refractivity contribution >= 4 is 17.3 Å². The van der Waals surface area contributed by atoms with Crippen molar-refractivity contribution in [3.63, 3.8) is 0 Å². The summed E-state index contributed by atoms with van der Waals surface area (Å²) >= 11 is 0. The fraction of sp³-hybridized carbons (Fsp3) is 0.200. The first-order valence-electron chi connectivity index (χ1n) is 6.25. The second kappa shape index (κ2) is 6.00. The standard InChI is InChI=1S/C15H17N3O/c1-12-4-2-3-5-14(12)17-15(19)8-11-18-9-6-13(16)7-10-18/h2-7,9-10,16H,8,11H2,1H3,(H,17,19)/p+1. The zero-order valence-electron chi connectivity index (χ0n) is 11.0. The molecule has 0 saturated carbocycles. The van der Waals surface area contributed by atoms with Gasteiger partial charge in [0.15, 0.2) is 18.9 Å². The number of rotatable bonds is 4. The molecule has 1 aromatic heterocycles. The highest BCUT2D eigenvalue weighted by molar-refractivity contribution is 5.91. The van der Waals surface area contributed by atoms with E-state index in [0.717, 1.165) is 16.9 Å². The third-order valence-corrected chi connectivity index (χ3v) is 2.93. The van der Waals surface area contributed by atoms with Gasteiger partial charge in [0.2, 0.25) is 5.91 Å². The van der Waals surface area contributed by atoms with Gasteiger partial charge in [0, 0.05) is 23.5 Å². The molecule has 1 heterocycles. The summed E-state index contributed by atoms with van der Waals surface area (Å²) in [5.74, 6) is 0.0126. The lowest BCUT2D eigenvalue weighted by atomic mass is 10.2. The molecule has 0 saturated heterocycles. The van der Waals surface area contributed by atoms with Crippen molar-refractivity contribution in [2.24, 2.45) is 0 Å². The van der Waals surface area contributed by atoms with E-state index in [0.29, 0.717) is 13.0 Å². The van der Waals surface area contributed by atoms with E-state index >= 15 is 0 Å². The molecule has 0 aliphatic heterocycles. The first-order valence-corrected chi connectivity index (χ1v) is 6.25. The predicted octanol–water partition coefficient (Wildman–Crippen LogP) is 1.89. The van der Waals surface area contributed by atoms with Crippen LogP contribution in [0.1, 0.15) is 12.0 Å². The molecule has 3 N–H and O–H groups in total. The first-order chi connectivity index (χ1) is 9.15. The minimum Gasteiger partial charge on any atom is -0.398 e. The van der Waals surface area contributed by atoms with E-state index < -0.39 is 0 Å². The van der Waals surface area contributed by atoms with Crippen LogP contribution in [0.5, 0.6) is 0 Å². The van der Waals surface area contributed by atoms with Crippen molar-refractivity contribution in [1.29, 1.82) is 0 Å². The number of carbonyl (C=O) groups excluding carboxylic acids is 1. The van der Waals surface area contributed by atoms with E-state index in [9.17, 15) is 4.79 Å². The number of pyridine rings is 1. The molecule has 1 amide bonds. The molecular formula is C15H18N3O+. The van der Waals surface area contributed by atoms with E-state index in [-0.39, 0.29) is 5.91 Å². The number of para-hydroxylation sites is 1. The molecule has 0 aliphatic carbocycles. The second-order valence-corrected chi connectivity index (χ2v) is 4.48. The Morgan fingerprint density at radius 2 is 1.89 bits per heavy atom. The normalized spacial score (nSPS) is 10.2. The molecular weight excluding hydrogens is 238 g/mol. The molecule has 0 fully saturated rings. The van der Waals surface area contributed by atoms with Crippen LogP contribution < -0.4 is 15.6 Å². The summed E-state index contributed by atoms with van der Waals surface area (Å²) in [5, 5.41) is 2.91. The maximum atomic E-state index is 11.9. The number of benzene rings is 1. The average Bonchev–Trinajstić information content (AvgIpc) is 2.41. The predicted molar refractivity (Wildman–Crippen MR) is 75.5 cm³/mol. The summed E-state index contributed by atoms with van der Waals surface area (Å²) in [6.45, 7) is 2.61. The van der Waals surface area contributed by atoms with E-state index in [2.05, 4.69) is 5.32 Å². The van der Waals surface area contributed by atoms with Crippen LogP contribution in [-0.4, -0.2) is 5.91 Å². The van der Waals surface area contributed by atoms with Crippen molar-refractivity contribution in [3.05, 3.63) is 54.4 Å². The number of anilines is 2. The fourth-order valence-electron chi connectivity index (χ4n) is 1.77. The van der Waals surface area contributed by atoms with Gasteiger partial charge in [0.1, 0.15) is 0 Å². The molecule has 1 aromatic carbocycles. The maximum absolute atomic E-state index is 11.9. The van der Waals surface area contributed by atoms with E-state index in [1.807, 2.05) is 60.3 Å². The second-order valence-electron chi connectivity index (χ2n) is 4.48. The summed E-state index contributed by atoms with van der Waals surface area (Å²) in [4.78, 5) is 11.9. The van der Waals surface area contributed by atoms with Gasteiger partial charge in [0.05, 0.1) is 6.42 Å². The van der Waals surface area contributed by atoms with Crippen molar-refractivity contribution < 1.29 is 9.36 Å². The van der Waals surface area contributed by atoms with Crippen LogP contribution in [0.2, 0.25) is 0 Å². The first kappa shape index (κ1) is 13.1. The van der Waals surface area contributed by atoms with Gasteiger partial charge in [-0.25, -0.2) is 4.57 Å². The molecule has 2 aromatic rings. The highest BCUT2D eigenvalue weighted by atomic mass is 16.1. The number of aryl methyl sites for hydroxylation is 2. The van der Waals surface area contributed by atoms with Gasteiger partial charge in [-0.3, -0.25) is 4.79 Å². The summed E-state index contributed by atoms with van der Waals surface area (Å²) in [7, 11) is 0. The van der Waals surface area contributed by atoms with Crippen LogP contribution in [0.4, 0.5) is 11.4 Å². The summed E-state index contributed by atoms with van der Waals surface area (Å²) < 4.78 is 1.94. The van der Waals surface area contributed by atoms with Gasteiger partial charge in [-0.2, -0.15) is 0 Å². The molecule has 98 valence electrons. The Morgan fingerprint density at radius 1 is 1.21 bits per heavy atom. The van der Waals surface area contributed by atoms with E-state index in [1.54, 1.807) is 0 Å². The zero-order valence-corrected chi connectivity index (χ0v) is 11.0. The molecule has 0 spiro atoms. The average molecular weight is 256 g/mol. The minimum atomic E-state index is 0.0126. The lowest BCUT2D eigenvalue weighted by Gasteiger charge is -2.06. The Kier molecular flexibility index (Phi) is 4.13. The Labute approximate surface area is 112 Å². The Hall–Kier alpha value is -2.36. The fourth-order valence-corrected chi connectivity index (χ4v) is 1.77. The number of hydrogen-bond acceptors (Lipinski definition) is 2. The van der Waals surface area contributed by atoms with Crippen molar-refractivity contribution in [1.82, 2.24) is 0 Å². The van der Waals surface area contributed by atoms with Crippen LogP contribution in [-0.2, 0) is 11.3 Å². The Balaban J connectivity index is 1.88. The number of nitrogen functional groups attached to an aromatic ring is 1. The largest absolute Gasteiger partial charge is 0.398 e. The molecule has 19 heavy (non-hydrogen) atoms. The van der Waals surface area contributed by atoms with Gasteiger partial charge in [0.25, 0.3) is 0 Å². The van der Waals surface area contributed by atoms with Gasteiger partial charge >= 0.3 is 0 Å². The SMILES string of the molecule is Cc1ccccc1NC(=O)CC[n+]1ccc(N)cc1. The number of nitrogens with one attached hydrogen (secondary N) is 1. The summed E-state index contributed by atoms with van der Waals surface area (Å²) in [5.41, 5.74) is 8.27. The molecule has 0 atom stereocenters. The maximum Gasteiger partial charge on any atom is 0.230 e. The van der Waals surface area contributed by atoms with Crippen molar-refractivity contribution in [2.45, 2.75) is 19.9 Å². The zero-order chi connectivity index (χ0) is 13.7. The number of hydrogen-bond donors (Lipinski definition) is 2. The number of nitrogens with two attached hydrogens (primary N) is 1. The molecule has 4 nitrogen and oxygen atoms in total. The molecule has 0 radical (unpaired) electrons. The molecule has 2 rings (SSSR count). The summed E-state index contributed by atoms with van der Waals surface area (Å²) in [6, 6.07) is 11.4. The lowest BCUT2D eigenvalue weighted by molar-refractivity contribution is -0.695. The quantitative estimate of drug-likeness (QED) is 0.821. The van der Waals surface area contributed by atoms with E-state index in [4.69, 9.17) is 5.73 Å². The molecule has 4 heteroatoms. The third-order valence-electron chi connectivity index (χ3n) is 2.93. The van der Waals surface area contributed by atoms with Crippen LogP contribution in [0.25, 0.3) is 0 Å².